The highest BCUT2D eigenvalue weighted by Crippen LogP contribution is 2.28. The van der Waals surface area contributed by atoms with E-state index in [1.54, 1.807) is 36.7 Å². The first-order chi connectivity index (χ1) is 14.7. The monoisotopic (exact) mass is 438 g/mol. The zero-order valence-electron chi connectivity index (χ0n) is 15.9. The van der Waals surface area contributed by atoms with Crippen LogP contribution in [0.25, 0.3) is 17.1 Å². The van der Waals surface area contributed by atoms with Crippen molar-refractivity contribution in [2.45, 2.75) is 11.3 Å². The van der Waals surface area contributed by atoms with E-state index in [2.05, 4.69) is 15.2 Å². The SMILES string of the molecule is OC(COc1ccc(Cl)cc1)CSc1nnc(-c2ccncc2)n1-c1ccccc1. The Balaban J connectivity index is 1.48. The van der Waals surface area contributed by atoms with Gasteiger partial charge in [0.2, 0.25) is 0 Å². The number of hydrogen-bond acceptors (Lipinski definition) is 6. The number of aliphatic hydroxyl groups excluding tert-OH is 1. The molecule has 1 atom stereocenters. The molecule has 0 amide bonds. The lowest BCUT2D eigenvalue weighted by atomic mass is 10.2. The van der Waals surface area contributed by atoms with Gasteiger partial charge in [0, 0.05) is 34.4 Å². The van der Waals surface area contributed by atoms with E-state index in [0.717, 1.165) is 17.1 Å². The molecule has 2 aromatic heterocycles. The predicted molar refractivity (Wildman–Crippen MR) is 118 cm³/mol. The summed E-state index contributed by atoms with van der Waals surface area (Å²) in [5, 5.41) is 20.4. The summed E-state index contributed by atoms with van der Waals surface area (Å²) < 4.78 is 7.61. The minimum Gasteiger partial charge on any atom is -0.491 e. The summed E-state index contributed by atoms with van der Waals surface area (Å²) >= 11 is 7.30. The molecule has 152 valence electrons. The van der Waals surface area contributed by atoms with Gasteiger partial charge < -0.3 is 9.84 Å². The number of aromatic nitrogens is 4. The molecule has 4 aromatic rings. The minimum absolute atomic E-state index is 0.172. The lowest BCUT2D eigenvalue weighted by molar-refractivity contribution is 0.126. The number of benzene rings is 2. The zero-order chi connectivity index (χ0) is 20.8. The molecule has 0 aliphatic carbocycles. The molecular formula is C22H19ClN4O2S. The molecule has 0 aliphatic rings. The van der Waals surface area contributed by atoms with Crippen LogP contribution in [-0.4, -0.2) is 43.3 Å². The fourth-order valence-electron chi connectivity index (χ4n) is 2.80. The van der Waals surface area contributed by atoms with Gasteiger partial charge in [-0.25, -0.2) is 0 Å². The molecule has 2 heterocycles. The van der Waals surface area contributed by atoms with E-state index in [1.807, 2.05) is 47.0 Å². The van der Waals surface area contributed by atoms with Gasteiger partial charge in [-0.2, -0.15) is 0 Å². The van der Waals surface area contributed by atoms with E-state index in [0.29, 0.717) is 21.7 Å². The Kier molecular flexibility index (Phi) is 6.63. The molecule has 30 heavy (non-hydrogen) atoms. The normalized spacial score (nSPS) is 11.9. The van der Waals surface area contributed by atoms with Crippen molar-refractivity contribution in [3.63, 3.8) is 0 Å². The summed E-state index contributed by atoms with van der Waals surface area (Å²) in [6.07, 6.45) is 2.78. The van der Waals surface area contributed by atoms with E-state index < -0.39 is 6.10 Å². The Morgan fingerprint density at radius 1 is 0.967 bits per heavy atom. The standard InChI is InChI=1S/C22H19ClN4O2S/c23-17-6-8-20(9-7-17)29-14-19(28)15-30-22-26-25-21(16-10-12-24-13-11-16)27(22)18-4-2-1-3-5-18/h1-13,19,28H,14-15H2. The Labute approximate surface area is 183 Å². The molecule has 2 aromatic carbocycles. The first kappa shape index (κ1) is 20.4. The number of nitrogens with zero attached hydrogens (tertiary/aromatic N) is 4. The van der Waals surface area contributed by atoms with Crippen LogP contribution in [0.15, 0.2) is 84.3 Å². The van der Waals surface area contributed by atoms with Crippen LogP contribution in [0.5, 0.6) is 5.75 Å². The highest BCUT2D eigenvalue weighted by Gasteiger charge is 2.17. The Morgan fingerprint density at radius 3 is 2.43 bits per heavy atom. The van der Waals surface area contributed by atoms with Gasteiger partial charge in [0.15, 0.2) is 11.0 Å². The molecule has 0 radical (unpaired) electrons. The van der Waals surface area contributed by atoms with Crippen LogP contribution < -0.4 is 4.74 Å². The van der Waals surface area contributed by atoms with Gasteiger partial charge in [-0.15, -0.1) is 10.2 Å². The van der Waals surface area contributed by atoms with E-state index >= 15 is 0 Å². The second-order valence-corrected chi connectivity index (χ2v) is 7.87. The molecule has 4 rings (SSSR count). The summed E-state index contributed by atoms with van der Waals surface area (Å²) in [7, 11) is 0. The molecule has 8 heteroatoms. The maximum Gasteiger partial charge on any atom is 0.196 e. The van der Waals surface area contributed by atoms with Crippen molar-refractivity contribution in [3.8, 4) is 22.8 Å². The largest absolute Gasteiger partial charge is 0.491 e. The van der Waals surface area contributed by atoms with Gasteiger partial charge >= 0.3 is 0 Å². The van der Waals surface area contributed by atoms with Crippen molar-refractivity contribution >= 4 is 23.4 Å². The molecule has 0 saturated heterocycles. The number of pyridine rings is 1. The van der Waals surface area contributed by atoms with Gasteiger partial charge in [-0.3, -0.25) is 9.55 Å². The van der Waals surface area contributed by atoms with Gasteiger partial charge in [0.25, 0.3) is 0 Å². The summed E-state index contributed by atoms with van der Waals surface area (Å²) in [4.78, 5) is 4.07. The highest BCUT2D eigenvalue weighted by molar-refractivity contribution is 7.99. The maximum absolute atomic E-state index is 10.4. The second-order valence-electron chi connectivity index (χ2n) is 6.44. The first-order valence-electron chi connectivity index (χ1n) is 9.31. The predicted octanol–water partition coefficient (Wildman–Crippen LogP) is 4.51. The first-order valence-corrected chi connectivity index (χ1v) is 10.7. The van der Waals surface area contributed by atoms with Crippen molar-refractivity contribution in [3.05, 3.63) is 84.1 Å². The average molecular weight is 439 g/mol. The summed E-state index contributed by atoms with van der Waals surface area (Å²) in [6, 6.07) is 20.7. The zero-order valence-corrected chi connectivity index (χ0v) is 17.5. The number of para-hydroxylation sites is 1. The molecule has 0 bridgehead atoms. The topological polar surface area (TPSA) is 73.1 Å². The lowest BCUT2D eigenvalue weighted by Crippen LogP contribution is -2.20. The van der Waals surface area contributed by atoms with Crippen molar-refractivity contribution in [1.29, 1.82) is 0 Å². The fraction of sp³-hybridized carbons (Fsp3) is 0.136. The Bertz CT molecular complexity index is 1080. The number of rotatable bonds is 8. The van der Waals surface area contributed by atoms with Crippen molar-refractivity contribution in [1.82, 2.24) is 19.7 Å². The lowest BCUT2D eigenvalue weighted by Gasteiger charge is -2.13. The molecule has 6 nitrogen and oxygen atoms in total. The highest BCUT2D eigenvalue weighted by atomic mass is 35.5. The van der Waals surface area contributed by atoms with Gasteiger partial charge in [0.05, 0.1) is 6.10 Å². The van der Waals surface area contributed by atoms with E-state index in [-0.39, 0.29) is 6.61 Å². The number of halogens is 1. The summed E-state index contributed by atoms with van der Waals surface area (Å²) in [6.45, 7) is 0.172. The second kappa shape index (κ2) is 9.75. The minimum atomic E-state index is -0.670. The third-order valence-corrected chi connectivity index (χ3v) is 5.57. The molecule has 0 fully saturated rings. The third kappa shape index (κ3) is 4.99. The quantitative estimate of drug-likeness (QED) is 0.408. The number of ether oxygens (including phenoxy) is 1. The van der Waals surface area contributed by atoms with Crippen molar-refractivity contribution in [2.75, 3.05) is 12.4 Å². The van der Waals surface area contributed by atoms with Crippen LogP contribution in [0.2, 0.25) is 5.02 Å². The van der Waals surface area contributed by atoms with Crippen LogP contribution in [0.4, 0.5) is 0 Å². The molecule has 0 saturated carbocycles. The molecule has 1 N–H and O–H groups in total. The van der Waals surface area contributed by atoms with Crippen molar-refractivity contribution < 1.29 is 9.84 Å². The van der Waals surface area contributed by atoms with Crippen LogP contribution in [0.3, 0.4) is 0 Å². The van der Waals surface area contributed by atoms with Gasteiger partial charge in [0.1, 0.15) is 12.4 Å². The molecule has 1 unspecified atom stereocenters. The van der Waals surface area contributed by atoms with E-state index in [1.165, 1.54) is 11.8 Å². The van der Waals surface area contributed by atoms with Gasteiger partial charge in [-0.05, 0) is 48.5 Å². The average Bonchev–Trinajstić information content (AvgIpc) is 3.22. The maximum atomic E-state index is 10.4. The van der Waals surface area contributed by atoms with Crippen LogP contribution in [0.1, 0.15) is 0 Å². The van der Waals surface area contributed by atoms with E-state index in [9.17, 15) is 5.11 Å². The van der Waals surface area contributed by atoms with Crippen LogP contribution in [0, 0.1) is 0 Å². The van der Waals surface area contributed by atoms with Crippen molar-refractivity contribution in [2.24, 2.45) is 0 Å². The Morgan fingerprint density at radius 2 is 1.70 bits per heavy atom. The summed E-state index contributed by atoms with van der Waals surface area (Å²) in [5.41, 5.74) is 1.86. The van der Waals surface area contributed by atoms with Crippen LogP contribution >= 0.6 is 23.4 Å². The molecule has 0 aliphatic heterocycles. The number of hydrogen-bond donors (Lipinski definition) is 1. The smallest absolute Gasteiger partial charge is 0.196 e. The third-order valence-electron chi connectivity index (χ3n) is 4.25. The van der Waals surface area contributed by atoms with Gasteiger partial charge in [-0.1, -0.05) is 41.6 Å². The summed E-state index contributed by atoms with van der Waals surface area (Å²) in [5.74, 6) is 1.79. The van der Waals surface area contributed by atoms with Crippen LogP contribution in [-0.2, 0) is 0 Å². The fourth-order valence-corrected chi connectivity index (χ4v) is 3.79. The van der Waals surface area contributed by atoms with E-state index in [4.69, 9.17) is 16.3 Å². The number of aliphatic hydroxyl groups is 1. The Hall–Kier alpha value is -2.87. The number of thioether (sulfide) groups is 1. The molecule has 0 spiro atoms. The molecular weight excluding hydrogens is 420 g/mol.